The standard InChI is InChI=1S/C18H38O4Si2/c1-23(2)16-17-24(3,4)22-20-18(19-21-23)14-12-10-8-6-5-7-9-11-13-15-18/h5-17H2,1-4H3. The van der Waals surface area contributed by atoms with Gasteiger partial charge in [0.05, 0.1) is 0 Å². The van der Waals surface area contributed by atoms with Gasteiger partial charge in [-0.05, 0) is 51.1 Å². The first kappa shape index (κ1) is 20.6. The van der Waals surface area contributed by atoms with E-state index in [0.717, 1.165) is 37.8 Å². The molecule has 24 heavy (non-hydrogen) atoms. The van der Waals surface area contributed by atoms with Gasteiger partial charge >= 0.3 is 0 Å². The second-order valence-electron chi connectivity index (χ2n) is 8.95. The van der Waals surface area contributed by atoms with Crippen LogP contribution in [0, 0.1) is 0 Å². The van der Waals surface area contributed by atoms with Gasteiger partial charge in [-0.25, -0.2) is 9.78 Å². The van der Waals surface area contributed by atoms with Crippen LogP contribution in [-0.2, 0) is 18.9 Å². The summed E-state index contributed by atoms with van der Waals surface area (Å²) in [6.07, 6.45) is 13.2. The largest absolute Gasteiger partial charge is 0.284 e. The molecule has 1 heterocycles. The van der Waals surface area contributed by atoms with Crippen molar-refractivity contribution < 1.29 is 18.9 Å². The maximum atomic E-state index is 6.04. The Labute approximate surface area is 150 Å². The van der Waals surface area contributed by atoms with E-state index in [1.54, 1.807) is 0 Å². The molecule has 0 aromatic rings. The number of rotatable bonds is 0. The molecule has 142 valence electrons. The Morgan fingerprint density at radius 3 is 1.25 bits per heavy atom. The van der Waals surface area contributed by atoms with Gasteiger partial charge in [-0.1, -0.05) is 44.9 Å². The van der Waals surface area contributed by atoms with Crippen molar-refractivity contribution >= 4 is 16.6 Å². The van der Waals surface area contributed by atoms with Crippen LogP contribution in [0.15, 0.2) is 0 Å². The Morgan fingerprint density at radius 1 is 0.542 bits per heavy atom. The van der Waals surface area contributed by atoms with Gasteiger partial charge in [0.2, 0.25) is 22.4 Å². The van der Waals surface area contributed by atoms with Gasteiger partial charge in [0.25, 0.3) is 0 Å². The lowest BCUT2D eigenvalue weighted by atomic mass is 9.97. The van der Waals surface area contributed by atoms with E-state index in [0.29, 0.717) is 0 Å². The zero-order chi connectivity index (χ0) is 17.5. The maximum Gasteiger partial charge on any atom is 0.233 e. The van der Waals surface area contributed by atoms with Crippen molar-refractivity contribution in [1.29, 1.82) is 0 Å². The van der Waals surface area contributed by atoms with E-state index in [9.17, 15) is 0 Å². The van der Waals surface area contributed by atoms with Crippen LogP contribution in [-0.4, -0.2) is 22.4 Å². The van der Waals surface area contributed by atoms with Crippen molar-refractivity contribution in [2.75, 3.05) is 0 Å². The second-order valence-corrected chi connectivity index (χ2v) is 17.3. The quantitative estimate of drug-likeness (QED) is 0.368. The van der Waals surface area contributed by atoms with Gasteiger partial charge in [0.15, 0.2) is 0 Å². The molecule has 2 fully saturated rings. The highest BCUT2D eigenvalue weighted by Crippen LogP contribution is 2.35. The summed E-state index contributed by atoms with van der Waals surface area (Å²) in [5.41, 5.74) is 0. The Hall–Kier alpha value is 0.274. The molecule has 0 N–H and O–H groups in total. The molecule has 0 aromatic carbocycles. The summed E-state index contributed by atoms with van der Waals surface area (Å²) in [4.78, 5) is 12.1. The Balaban J connectivity index is 2.08. The number of hydrogen-bond donors (Lipinski definition) is 0. The van der Waals surface area contributed by atoms with Gasteiger partial charge in [-0.2, -0.15) is 0 Å². The molecule has 0 atom stereocenters. The molecule has 1 saturated heterocycles. The molecule has 1 saturated carbocycles. The first-order valence-corrected chi connectivity index (χ1v) is 16.3. The lowest BCUT2D eigenvalue weighted by Gasteiger charge is -2.34. The van der Waals surface area contributed by atoms with E-state index in [2.05, 4.69) is 26.2 Å². The lowest BCUT2D eigenvalue weighted by molar-refractivity contribution is -0.469. The van der Waals surface area contributed by atoms with Gasteiger partial charge in [0, 0.05) is 12.8 Å². The summed E-state index contributed by atoms with van der Waals surface area (Å²) in [7, 11) is -3.64. The summed E-state index contributed by atoms with van der Waals surface area (Å²) in [6.45, 7) is 8.97. The maximum absolute atomic E-state index is 6.04. The second kappa shape index (κ2) is 9.28. The Morgan fingerprint density at radius 2 is 0.875 bits per heavy atom. The fourth-order valence-corrected chi connectivity index (χ4v) is 9.13. The molecule has 2 aliphatic rings. The Kier molecular flexibility index (Phi) is 7.96. The van der Waals surface area contributed by atoms with E-state index in [-0.39, 0.29) is 0 Å². The number of hydrogen-bond acceptors (Lipinski definition) is 4. The van der Waals surface area contributed by atoms with Crippen LogP contribution in [0.3, 0.4) is 0 Å². The monoisotopic (exact) mass is 374 g/mol. The van der Waals surface area contributed by atoms with Crippen LogP contribution >= 0.6 is 0 Å². The van der Waals surface area contributed by atoms with E-state index in [1.807, 2.05) is 0 Å². The van der Waals surface area contributed by atoms with Crippen molar-refractivity contribution in [3.05, 3.63) is 0 Å². The zero-order valence-corrected chi connectivity index (χ0v) is 18.3. The Bertz CT molecular complexity index is 340. The highest BCUT2D eigenvalue weighted by Gasteiger charge is 2.42. The zero-order valence-electron chi connectivity index (χ0n) is 16.3. The molecule has 1 aliphatic heterocycles. The van der Waals surface area contributed by atoms with E-state index >= 15 is 0 Å². The molecular formula is C18H38O4Si2. The topological polar surface area (TPSA) is 36.9 Å². The fraction of sp³-hybridized carbons (Fsp3) is 1.00. The van der Waals surface area contributed by atoms with Crippen molar-refractivity contribution in [3.63, 3.8) is 0 Å². The summed E-state index contributed by atoms with van der Waals surface area (Å²) >= 11 is 0. The minimum Gasteiger partial charge on any atom is -0.284 e. The summed E-state index contributed by atoms with van der Waals surface area (Å²) in [5.74, 6) is -0.696. The van der Waals surface area contributed by atoms with Gasteiger partial charge in [-0.15, -0.1) is 0 Å². The summed E-state index contributed by atoms with van der Waals surface area (Å²) in [5, 5.41) is 0. The normalized spacial score (nSPS) is 29.5. The molecule has 4 nitrogen and oxygen atoms in total. The summed E-state index contributed by atoms with van der Waals surface area (Å²) < 4.78 is 12.0. The molecule has 1 spiro atoms. The van der Waals surface area contributed by atoms with Crippen LogP contribution in [0.5, 0.6) is 0 Å². The third kappa shape index (κ3) is 7.26. The van der Waals surface area contributed by atoms with E-state index in [4.69, 9.17) is 18.9 Å². The van der Waals surface area contributed by atoms with Crippen LogP contribution in [0.4, 0.5) is 0 Å². The van der Waals surface area contributed by atoms with Crippen molar-refractivity contribution in [2.45, 2.75) is 115 Å². The predicted octanol–water partition coefficient (Wildman–Crippen LogP) is 6.31. The first-order chi connectivity index (χ1) is 11.3. The van der Waals surface area contributed by atoms with Crippen molar-refractivity contribution in [2.24, 2.45) is 0 Å². The lowest BCUT2D eigenvalue weighted by Crippen LogP contribution is -2.41. The molecule has 2 rings (SSSR count). The van der Waals surface area contributed by atoms with Crippen molar-refractivity contribution in [3.8, 4) is 0 Å². The minimum absolute atomic E-state index is 0.696. The third-order valence-corrected chi connectivity index (χ3v) is 9.76. The minimum atomic E-state index is -1.82. The van der Waals surface area contributed by atoms with E-state index < -0.39 is 22.4 Å². The van der Waals surface area contributed by atoms with Crippen LogP contribution in [0.1, 0.15) is 70.6 Å². The fourth-order valence-electron chi connectivity index (χ4n) is 3.39. The average Bonchev–Trinajstić information content (AvgIpc) is 2.56. The molecule has 0 unspecified atom stereocenters. The molecule has 0 radical (unpaired) electrons. The molecule has 1 aliphatic carbocycles. The van der Waals surface area contributed by atoms with Crippen molar-refractivity contribution in [1.82, 2.24) is 0 Å². The highest BCUT2D eigenvalue weighted by molar-refractivity contribution is 6.76. The predicted molar refractivity (Wildman–Crippen MR) is 102 cm³/mol. The highest BCUT2D eigenvalue weighted by atomic mass is 28.4. The van der Waals surface area contributed by atoms with Crippen LogP contribution in [0.25, 0.3) is 0 Å². The van der Waals surface area contributed by atoms with Gasteiger partial charge in [0.1, 0.15) is 0 Å². The molecule has 0 aromatic heterocycles. The molecule has 6 heteroatoms. The van der Waals surface area contributed by atoms with E-state index in [1.165, 1.54) is 44.9 Å². The van der Waals surface area contributed by atoms with Crippen LogP contribution in [0.2, 0.25) is 38.3 Å². The third-order valence-electron chi connectivity index (χ3n) is 5.28. The molecule has 0 bridgehead atoms. The van der Waals surface area contributed by atoms with Gasteiger partial charge < -0.3 is 0 Å². The smallest absolute Gasteiger partial charge is 0.233 e. The molecule has 0 amide bonds. The summed E-state index contributed by atoms with van der Waals surface area (Å²) in [6, 6.07) is 2.15. The average molecular weight is 375 g/mol. The van der Waals surface area contributed by atoms with Gasteiger partial charge in [-0.3, -0.25) is 9.15 Å². The first-order valence-electron chi connectivity index (χ1n) is 10.1. The molecular weight excluding hydrogens is 336 g/mol. The SMILES string of the molecule is C[Si]1(C)CC[Si](C)(C)OOC2(CCCCCCCCCCC2)OO1. The van der Waals surface area contributed by atoms with Crippen LogP contribution < -0.4 is 0 Å².